The van der Waals surface area contributed by atoms with E-state index < -0.39 is 5.60 Å². The molecule has 5 heteroatoms. The Balaban J connectivity index is 1.88. The van der Waals surface area contributed by atoms with E-state index >= 15 is 0 Å². The van der Waals surface area contributed by atoms with Gasteiger partial charge in [0, 0.05) is 32.1 Å². The topological polar surface area (TPSA) is 49.9 Å². The lowest BCUT2D eigenvalue weighted by atomic mass is 9.90. The van der Waals surface area contributed by atoms with Crippen molar-refractivity contribution in [2.45, 2.75) is 59.5 Å². The standard InChI is InChI=1S/C19H32N2O3/c1-7-20(13-14(2)3)16(22)15-12-19(15)8-10-21(11-9-19)17(23)24-18(4,5)6/h15H,2,7-13H2,1,3-6H3. The molecule has 0 bridgehead atoms. The van der Waals surface area contributed by atoms with Crippen molar-refractivity contribution < 1.29 is 14.3 Å². The molecule has 1 saturated heterocycles. The Morgan fingerprint density at radius 2 is 1.88 bits per heavy atom. The lowest BCUT2D eigenvalue weighted by molar-refractivity contribution is -0.133. The molecule has 0 aromatic rings. The normalized spacial score (nSPS) is 22.2. The molecule has 0 aromatic heterocycles. The van der Waals surface area contributed by atoms with E-state index in [1.807, 2.05) is 39.5 Å². The molecule has 24 heavy (non-hydrogen) atoms. The number of hydrogen-bond acceptors (Lipinski definition) is 3. The summed E-state index contributed by atoms with van der Waals surface area (Å²) in [6.07, 6.45) is 2.51. The van der Waals surface area contributed by atoms with Crippen LogP contribution in [0, 0.1) is 11.3 Å². The van der Waals surface area contributed by atoms with E-state index in [0.717, 1.165) is 31.4 Å². The molecule has 5 nitrogen and oxygen atoms in total. The highest BCUT2D eigenvalue weighted by atomic mass is 16.6. The van der Waals surface area contributed by atoms with Gasteiger partial charge in [-0.3, -0.25) is 4.79 Å². The number of hydrogen-bond donors (Lipinski definition) is 0. The third-order valence-corrected chi connectivity index (χ3v) is 5.05. The quantitative estimate of drug-likeness (QED) is 0.739. The number of rotatable bonds is 4. The molecule has 1 unspecified atom stereocenters. The Bertz CT molecular complexity index is 513. The maximum Gasteiger partial charge on any atom is 0.410 e. The number of carbonyl (C=O) groups excluding carboxylic acids is 2. The Labute approximate surface area is 146 Å². The molecule has 0 N–H and O–H groups in total. The third kappa shape index (κ3) is 4.31. The van der Waals surface area contributed by atoms with Gasteiger partial charge in [0.05, 0.1) is 0 Å². The van der Waals surface area contributed by atoms with Crippen molar-refractivity contribution in [3.05, 3.63) is 12.2 Å². The largest absolute Gasteiger partial charge is 0.444 e. The lowest BCUT2D eigenvalue weighted by Gasteiger charge is -2.34. The van der Waals surface area contributed by atoms with Gasteiger partial charge in [-0.15, -0.1) is 0 Å². The second-order valence-corrected chi connectivity index (χ2v) is 8.40. The van der Waals surface area contributed by atoms with E-state index in [1.54, 1.807) is 4.90 Å². The molecule has 1 atom stereocenters. The highest BCUT2D eigenvalue weighted by molar-refractivity contribution is 5.83. The maximum absolute atomic E-state index is 12.7. The maximum atomic E-state index is 12.7. The number of piperidine rings is 1. The van der Waals surface area contributed by atoms with Gasteiger partial charge in [-0.05, 0) is 59.3 Å². The zero-order valence-corrected chi connectivity index (χ0v) is 15.9. The van der Waals surface area contributed by atoms with Crippen LogP contribution in [0.4, 0.5) is 4.79 Å². The highest BCUT2D eigenvalue weighted by Crippen LogP contribution is 2.60. The summed E-state index contributed by atoms with van der Waals surface area (Å²) in [6, 6.07) is 0. The van der Waals surface area contributed by atoms with Gasteiger partial charge < -0.3 is 14.5 Å². The average molecular weight is 336 g/mol. The summed E-state index contributed by atoms with van der Waals surface area (Å²) in [7, 11) is 0. The molecule has 1 heterocycles. The molecule has 2 amide bonds. The smallest absolute Gasteiger partial charge is 0.410 e. The molecule has 1 aliphatic carbocycles. The van der Waals surface area contributed by atoms with E-state index in [0.29, 0.717) is 19.6 Å². The number of nitrogens with zero attached hydrogens (tertiary/aromatic N) is 2. The summed E-state index contributed by atoms with van der Waals surface area (Å²) in [5.74, 6) is 0.379. The molecule has 2 aliphatic rings. The van der Waals surface area contributed by atoms with Crippen molar-refractivity contribution in [1.82, 2.24) is 9.80 Å². The van der Waals surface area contributed by atoms with Crippen LogP contribution in [0.5, 0.6) is 0 Å². The lowest BCUT2D eigenvalue weighted by Crippen LogP contribution is -2.43. The summed E-state index contributed by atoms with van der Waals surface area (Å²) >= 11 is 0. The van der Waals surface area contributed by atoms with Crippen LogP contribution in [0.15, 0.2) is 12.2 Å². The molecule has 136 valence electrons. The van der Waals surface area contributed by atoms with Crippen LogP contribution in [0.25, 0.3) is 0 Å². The fourth-order valence-electron chi connectivity index (χ4n) is 3.60. The highest BCUT2D eigenvalue weighted by Gasteiger charge is 2.59. The van der Waals surface area contributed by atoms with E-state index in [-0.39, 0.29) is 23.3 Å². The molecular formula is C19H32N2O3. The predicted octanol–water partition coefficient (Wildman–Crippen LogP) is 3.45. The zero-order valence-electron chi connectivity index (χ0n) is 15.9. The fraction of sp³-hybridized carbons (Fsp3) is 0.789. The van der Waals surface area contributed by atoms with Gasteiger partial charge >= 0.3 is 6.09 Å². The Morgan fingerprint density at radius 1 is 1.29 bits per heavy atom. The molecule has 0 aromatic carbocycles. The van der Waals surface area contributed by atoms with Crippen molar-refractivity contribution in [2.24, 2.45) is 11.3 Å². The average Bonchev–Trinajstić information content (AvgIpc) is 3.16. The predicted molar refractivity (Wildman–Crippen MR) is 94.6 cm³/mol. The van der Waals surface area contributed by atoms with Crippen molar-refractivity contribution in [3.63, 3.8) is 0 Å². The van der Waals surface area contributed by atoms with Crippen LogP contribution >= 0.6 is 0 Å². The minimum Gasteiger partial charge on any atom is -0.444 e. The second kappa shape index (κ2) is 6.77. The summed E-state index contributed by atoms with van der Waals surface area (Å²) in [5.41, 5.74) is 0.659. The summed E-state index contributed by atoms with van der Waals surface area (Å²) in [6.45, 7) is 16.3. The van der Waals surface area contributed by atoms with Crippen LogP contribution < -0.4 is 0 Å². The minimum atomic E-state index is -0.464. The van der Waals surface area contributed by atoms with Gasteiger partial charge in [-0.2, -0.15) is 0 Å². The van der Waals surface area contributed by atoms with Crippen molar-refractivity contribution in [2.75, 3.05) is 26.2 Å². The van der Waals surface area contributed by atoms with E-state index in [1.165, 1.54) is 0 Å². The number of amides is 2. The first-order valence-corrected chi connectivity index (χ1v) is 8.99. The second-order valence-electron chi connectivity index (χ2n) is 8.40. The van der Waals surface area contributed by atoms with Gasteiger partial charge in [-0.1, -0.05) is 12.2 Å². The summed E-state index contributed by atoms with van der Waals surface area (Å²) in [5, 5.41) is 0. The number of ether oxygens (including phenoxy) is 1. The Morgan fingerprint density at radius 3 is 2.33 bits per heavy atom. The van der Waals surface area contributed by atoms with Crippen LogP contribution in [0.2, 0.25) is 0 Å². The number of likely N-dealkylation sites (tertiary alicyclic amines) is 1. The SMILES string of the molecule is C=C(C)CN(CC)C(=O)C1CC12CCN(C(=O)OC(C)(C)C)CC2. The van der Waals surface area contributed by atoms with E-state index in [2.05, 4.69) is 6.58 Å². The van der Waals surface area contributed by atoms with Gasteiger partial charge in [0.2, 0.25) is 5.91 Å². The van der Waals surface area contributed by atoms with Gasteiger partial charge in [-0.25, -0.2) is 4.79 Å². The summed E-state index contributed by atoms with van der Waals surface area (Å²) < 4.78 is 5.44. The first kappa shape index (κ1) is 18.8. The number of carbonyl (C=O) groups is 2. The van der Waals surface area contributed by atoms with Crippen molar-refractivity contribution >= 4 is 12.0 Å². The molecule has 2 rings (SSSR count). The van der Waals surface area contributed by atoms with Gasteiger partial charge in [0.15, 0.2) is 0 Å². The Kier molecular flexibility index (Phi) is 5.31. The van der Waals surface area contributed by atoms with E-state index in [4.69, 9.17) is 4.74 Å². The summed E-state index contributed by atoms with van der Waals surface area (Å²) in [4.78, 5) is 28.6. The van der Waals surface area contributed by atoms with Crippen LogP contribution in [0.1, 0.15) is 53.9 Å². The van der Waals surface area contributed by atoms with Crippen molar-refractivity contribution in [1.29, 1.82) is 0 Å². The first-order chi connectivity index (χ1) is 11.1. The molecule has 2 fully saturated rings. The zero-order chi connectivity index (χ0) is 18.1. The minimum absolute atomic E-state index is 0.109. The van der Waals surface area contributed by atoms with E-state index in [9.17, 15) is 9.59 Å². The van der Waals surface area contributed by atoms with Crippen LogP contribution in [-0.4, -0.2) is 53.6 Å². The molecule has 0 radical (unpaired) electrons. The molecule has 1 saturated carbocycles. The van der Waals surface area contributed by atoms with Gasteiger partial charge in [0.1, 0.15) is 5.60 Å². The molecule has 1 spiro atoms. The first-order valence-electron chi connectivity index (χ1n) is 8.99. The van der Waals surface area contributed by atoms with Crippen LogP contribution in [0.3, 0.4) is 0 Å². The monoisotopic (exact) mass is 336 g/mol. The molecular weight excluding hydrogens is 304 g/mol. The Hall–Kier alpha value is -1.52. The molecule has 1 aliphatic heterocycles. The van der Waals surface area contributed by atoms with Gasteiger partial charge in [0.25, 0.3) is 0 Å². The van der Waals surface area contributed by atoms with Crippen molar-refractivity contribution in [3.8, 4) is 0 Å². The number of likely N-dealkylation sites (N-methyl/N-ethyl adjacent to an activating group) is 1. The third-order valence-electron chi connectivity index (χ3n) is 5.05. The van der Waals surface area contributed by atoms with Crippen LogP contribution in [-0.2, 0) is 9.53 Å². The fourth-order valence-corrected chi connectivity index (χ4v) is 3.60.